The molecule has 3 N–H and O–H groups in total. The van der Waals surface area contributed by atoms with E-state index in [-0.39, 0.29) is 19.0 Å². The molecule has 0 spiro atoms. The number of aliphatic carboxylic acids is 1. The van der Waals surface area contributed by atoms with E-state index >= 15 is 0 Å². The van der Waals surface area contributed by atoms with Gasteiger partial charge in [-0.25, -0.2) is 4.79 Å². The lowest BCUT2D eigenvalue weighted by molar-refractivity contribution is -0.920. The SMILES string of the molecule is CCCCCCCCCCCCC(=O)NC[C@@H](O)C[N+](CC)(CC)CC(=O)O. The smallest absolute Gasteiger partial charge is 0.359 e. The molecule has 1 amide bonds. The largest absolute Gasteiger partial charge is 0.477 e. The Balaban J connectivity index is 3.81. The van der Waals surface area contributed by atoms with E-state index in [0.29, 0.717) is 30.5 Å². The second-order valence-corrected chi connectivity index (χ2v) is 8.10. The van der Waals surface area contributed by atoms with Gasteiger partial charge in [-0.05, 0) is 20.3 Å². The van der Waals surface area contributed by atoms with Crippen molar-refractivity contribution in [2.45, 2.75) is 97.5 Å². The number of unbranched alkanes of at least 4 members (excludes halogenated alkanes) is 9. The number of carboxylic acid groups (broad SMARTS) is 1. The summed E-state index contributed by atoms with van der Waals surface area (Å²) in [4.78, 5) is 23.0. The fourth-order valence-electron chi connectivity index (χ4n) is 3.66. The number of quaternary nitrogens is 1. The molecule has 0 aromatic heterocycles. The third-order valence-corrected chi connectivity index (χ3v) is 5.70. The molecular weight excluding hydrogens is 356 g/mol. The van der Waals surface area contributed by atoms with Gasteiger partial charge in [-0.3, -0.25) is 4.79 Å². The summed E-state index contributed by atoms with van der Waals surface area (Å²) in [7, 11) is 0. The Bertz CT molecular complexity index is 411. The number of rotatable bonds is 19. The monoisotopic (exact) mass is 401 g/mol. The maximum Gasteiger partial charge on any atom is 0.359 e. The number of aliphatic hydroxyl groups is 1. The summed E-state index contributed by atoms with van der Waals surface area (Å²) in [5.74, 6) is -0.885. The quantitative estimate of drug-likeness (QED) is 0.227. The van der Waals surface area contributed by atoms with E-state index in [9.17, 15) is 14.7 Å². The summed E-state index contributed by atoms with van der Waals surface area (Å²) in [5.41, 5.74) is 0. The van der Waals surface area contributed by atoms with Crippen molar-refractivity contribution in [1.82, 2.24) is 5.32 Å². The molecule has 0 aromatic carbocycles. The highest BCUT2D eigenvalue weighted by molar-refractivity contribution is 5.75. The molecule has 0 saturated carbocycles. The second-order valence-electron chi connectivity index (χ2n) is 8.10. The van der Waals surface area contributed by atoms with E-state index in [1.807, 2.05) is 13.8 Å². The molecule has 0 radical (unpaired) electrons. The second kappa shape index (κ2) is 16.8. The van der Waals surface area contributed by atoms with Gasteiger partial charge in [0.25, 0.3) is 0 Å². The number of nitrogens with one attached hydrogen (secondary N) is 1. The first-order valence-corrected chi connectivity index (χ1v) is 11.4. The van der Waals surface area contributed by atoms with Crippen molar-refractivity contribution in [3.63, 3.8) is 0 Å². The molecule has 0 aromatic rings. The summed E-state index contributed by atoms with van der Waals surface area (Å²) in [6.07, 6.45) is 12.2. The Morgan fingerprint density at radius 3 is 1.82 bits per heavy atom. The van der Waals surface area contributed by atoms with E-state index in [0.717, 1.165) is 12.8 Å². The molecule has 0 rings (SSSR count). The van der Waals surface area contributed by atoms with Crippen LogP contribution < -0.4 is 5.32 Å². The van der Waals surface area contributed by atoms with Crippen LogP contribution in [0, 0.1) is 0 Å². The van der Waals surface area contributed by atoms with Gasteiger partial charge in [-0.1, -0.05) is 64.7 Å². The number of carbonyl (C=O) groups is 2. The van der Waals surface area contributed by atoms with Crippen LogP contribution in [0.4, 0.5) is 0 Å². The van der Waals surface area contributed by atoms with Gasteiger partial charge in [0.05, 0.1) is 13.1 Å². The lowest BCUT2D eigenvalue weighted by Gasteiger charge is -2.36. The van der Waals surface area contributed by atoms with Crippen LogP contribution in [0.1, 0.15) is 91.4 Å². The van der Waals surface area contributed by atoms with E-state index in [1.165, 1.54) is 51.4 Å². The number of carbonyl (C=O) groups excluding carboxylic acids is 1. The van der Waals surface area contributed by atoms with Gasteiger partial charge in [0.1, 0.15) is 12.6 Å². The molecule has 0 aliphatic heterocycles. The van der Waals surface area contributed by atoms with Crippen LogP contribution in [0.3, 0.4) is 0 Å². The maximum atomic E-state index is 11.9. The van der Waals surface area contributed by atoms with Gasteiger partial charge in [-0.2, -0.15) is 0 Å². The van der Waals surface area contributed by atoms with Gasteiger partial charge in [0, 0.05) is 13.0 Å². The van der Waals surface area contributed by atoms with Crippen molar-refractivity contribution in [1.29, 1.82) is 0 Å². The molecule has 1 atom stereocenters. The molecule has 0 fully saturated rings. The van der Waals surface area contributed by atoms with Gasteiger partial charge in [0.15, 0.2) is 6.54 Å². The van der Waals surface area contributed by atoms with Gasteiger partial charge in [-0.15, -0.1) is 0 Å². The molecule has 0 unspecified atom stereocenters. The minimum atomic E-state index is -0.860. The lowest BCUT2D eigenvalue weighted by Crippen LogP contribution is -2.56. The van der Waals surface area contributed by atoms with E-state index in [1.54, 1.807) is 0 Å². The average Bonchev–Trinajstić information content (AvgIpc) is 2.66. The highest BCUT2D eigenvalue weighted by atomic mass is 16.4. The van der Waals surface area contributed by atoms with Crippen molar-refractivity contribution in [2.24, 2.45) is 0 Å². The summed E-state index contributed by atoms with van der Waals surface area (Å²) in [6.45, 7) is 7.93. The Hall–Kier alpha value is -1.14. The van der Waals surface area contributed by atoms with E-state index in [2.05, 4.69) is 12.2 Å². The summed E-state index contributed by atoms with van der Waals surface area (Å²) >= 11 is 0. The summed E-state index contributed by atoms with van der Waals surface area (Å²) in [5, 5.41) is 22.1. The zero-order valence-electron chi connectivity index (χ0n) is 18.5. The fourth-order valence-corrected chi connectivity index (χ4v) is 3.66. The van der Waals surface area contributed by atoms with Crippen LogP contribution in [-0.4, -0.2) is 65.4 Å². The molecule has 0 heterocycles. The van der Waals surface area contributed by atoms with Crippen LogP contribution in [0.5, 0.6) is 0 Å². The summed E-state index contributed by atoms with van der Waals surface area (Å²) in [6, 6.07) is 0. The molecule has 0 aliphatic rings. The first-order chi connectivity index (χ1) is 13.4. The first-order valence-electron chi connectivity index (χ1n) is 11.4. The first kappa shape index (κ1) is 26.9. The molecule has 6 nitrogen and oxygen atoms in total. The lowest BCUT2D eigenvalue weighted by atomic mass is 10.1. The van der Waals surface area contributed by atoms with Crippen LogP contribution in [0.15, 0.2) is 0 Å². The molecule has 6 heteroatoms. The van der Waals surface area contributed by atoms with E-state index in [4.69, 9.17) is 5.11 Å². The highest BCUT2D eigenvalue weighted by Crippen LogP contribution is 2.11. The number of hydrogen-bond acceptors (Lipinski definition) is 3. The number of amides is 1. The zero-order valence-corrected chi connectivity index (χ0v) is 18.5. The maximum absolute atomic E-state index is 11.9. The predicted octanol–water partition coefficient (Wildman–Crippen LogP) is 3.72. The number of aliphatic hydroxyl groups excluding tert-OH is 1. The number of nitrogens with zero attached hydrogens (tertiary/aromatic N) is 1. The normalized spacial score (nSPS) is 12.7. The van der Waals surface area contributed by atoms with Crippen LogP contribution in [0.25, 0.3) is 0 Å². The van der Waals surface area contributed by atoms with Crippen molar-refractivity contribution in [3.8, 4) is 0 Å². The molecule has 166 valence electrons. The van der Waals surface area contributed by atoms with Crippen molar-refractivity contribution in [3.05, 3.63) is 0 Å². The van der Waals surface area contributed by atoms with Crippen molar-refractivity contribution >= 4 is 11.9 Å². The van der Waals surface area contributed by atoms with Crippen molar-refractivity contribution in [2.75, 3.05) is 32.7 Å². The minimum absolute atomic E-state index is 0.00336. The highest BCUT2D eigenvalue weighted by Gasteiger charge is 2.29. The Kier molecular flexibility index (Phi) is 16.1. The zero-order chi connectivity index (χ0) is 21.3. The molecule has 0 saturated heterocycles. The third-order valence-electron chi connectivity index (χ3n) is 5.70. The predicted molar refractivity (Wildman–Crippen MR) is 114 cm³/mol. The van der Waals surface area contributed by atoms with E-state index < -0.39 is 12.1 Å². The van der Waals surface area contributed by atoms with Gasteiger partial charge < -0.3 is 20.0 Å². The number of carboxylic acids is 1. The van der Waals surface area contributed by atoms with Crippen LogP contribution in [0.2, 0.25) is 0 Å². The average molecular weight is 402 g/mol. The standard InChI is InChI=1S/C22H44N2O4/c1-4-7-8-9-10-11-12-13-14-15-16-21(26)23-17-20(25)18-24(5-2,6-3)19-22(27)28/h20,25H,4-19H2,1-3H3,(H-,23,26,27,28)/p+1/t20-/m1/s1. The van der Waals surface area contributed by atoms with Gasteiger partial charge >= 0.3 is 5.97 Å². The third kappa shape index (κ3) is 13.9. The molecule has 0 bridgehead atoms. The van der Waals surface area contributed by atoms with Gasteiger partial charge in [0.2, 0.25) is 5.91 Å². The molecular formula is C22H45N2O4+. The Morgan fingerprint density at radius 2 is 1.36 bits per heavy atom. The number of hydrogen-bond donors (Lipinski definition) is 3. The fraction of sp³-hybridized carbons (Fsp3) is 0.909. The molecule has 28 heavy (non-hydrogen) atoms. The van der Waals surface area contributed by atoms with Crippen LogP contribution in [-0.2, 0) is 9.59 Å². The number of likely N-dealkylation sites (N-methyl/N-ethyl adjacent to an activating group) is 1. The molecule has 0 aliphatic carbocycles. The minimum Gasteiger partial charge on any atom is -0.477 e. The Labute approximate surface area is 172 Å². The topological polar surface area (TPSA) is 86.6 Å². The summed E-state index contributed by atoms with van der Waals surface area (Å²) < 4.78 is 0.324. The van der Waals surface area contributed by atoms with Crippen molar-refractivity contribution < 1.29 is 24.3 Å². The van der Waals surface area contributed by atoms with Crippen LogP contribution >= 0.6 is 0 Å². The Morgan fingerprint density at radius 1 is 0.857 bits per heavy atom.